The highest BCUT2D eigenvalue weighted by Gasteiger charge is 2.13. The number of aromatic nitrogens is 6. The molecular formula is C16H15N7OS2. The van der Waals surface area contributed by atoms with Gasteiger partial charge in [-0.1, -0.05) is 41.7 Å². The van der Waals surface area contributed by atoms with Gasteiger partial charge in [-0.25, -0.2) is 4.98 Å². The molecule has 10 heteroatoms. The summed E-state index contributed by atoms with van der Waals surface area (Å²) in [7, 11) is 1.67. The number of hydrogen-bond donors (Lipinski definition) is 1. The summed E-state index contributed by atoms with van der Waals surface area (Å²) in [5, 5.41) is 17.5. The molecule has 0 saturated heterocycles. The van der Waals surface area contributed by atoms with Crippen LogP contribution in [-0.4, -0.2) is 50.0 Å². The molecule has 0 atom stereocenters. The van der Waals surface area contributed by atoms with Crippen LogP contribution in [0, 0.1) is 0 Å². The Morgan fingerprint density at radius 3 is 2.96 bits per heavy atom. The summed E-state index contributed by atoms with van der Waals surface area (Å²) < 4.78 is 7.54. The minimum atomic E-state index is 0.553. The van der Waals surface area contributed by atoms with Crippen LogP contribution < -0.4 is 5.32 Å². The lowest BCUT2D eigenvalue weighted by Gasteiger charge is -2.05. The van der Waals surface area contributed by atoms with Crippen LogP contribution in [0.2, 0.25) is 0 Å². The first-order valence-corrected chi connectivity index (χ1v) is 9.47. The van der Waals surface area contributed by atoms with E-state index in [-0.39, 0.29) is 0 Å². The number of benzene rings is 1. The van der Waals surface area contributed by atoms with Gasteiger partial charge in [-0.05, 0) is 17.8 Å². The van der Waals surface area contributed by atoms with Gasteiger partial charge in [0.2, 0.25) is 5.13 Å². The summed E-state index contributed by atoms with van der Waals surface area (Å²) in [4.78, 5) is 8.81. The van der Waals surface area contributed by atoms with Crippen molar-refractivity contribution in [1.82, 2.24) is 29.8 Å². The number of fused-ring (bicyclic) bond motifs is 1. The van der Waals surface area contributed by atoms with Crippen LogP contribution in [0.1, 0.15) is 0 Å². The Balaban J connectivity index is 1.63. The molecule has 0 radical (unpaired) electrons. The fourth-order valence-electron chi connectivity index (χ4n) is 2.29. The lowest BCUT2D eigenvalue weighted by molar-refractivity contribution is 0.211. The highest BCUT2D eigenvalue weighted by Crippen LogP contribution is 2.33. The predicted molar refractivity (Wildman–Crippen MR) is 101 cm³/mol. The van der Waals surface area contributed by atoms with Crippen LogP contribution in [0.25, 0.3) is 17.0 Å². The molecule has 4 rings (SSSR count). The Morgan fingerprint density at radius 1 is 1.23 bits per heavy atom. The van der Waals surface area contributed by atoms with E-state index in [1.165, 1.54) is 29.4 Å². The van der Waals surface area contributed by atoms with E-state index in [0.717, 1.165) is 25.8 Å². The van der Waals surface area contributed by atoms with Crippen LogP contribution in [0.3, 0.4) is 0 Å². The minimum absolute atomic E-state index is 0.553. The van der Waals surface area contributed by atoms with E-state index in [2.05, 4.69) is 30.6 Å². The zero-order valence-corrected chi connectivity index (χ0v) is 15.5. The highest BCUT2D eigenvalue weighted by molar-refractivity contribution is 8.01. The van der Waals surface area contributed by atoms with E-state index in [9.17, 15) is 0 Å². The number of nitrogens with one attached hydrogen (secondary N) is 1. The van der Waals surface area contributed by atoms with Crippen molar-refractivity contribution in [3.63, 3.8) is 0 Å². The third-order valence-electron chi connectivity index (χ3n) is 3.47. The molecule has 0 spiro atoms. The Hall–Kier alpha value is -2.56. The molecule has 132 valence electrons. The Kier molecular flexibility index (Phi) is 5.04. The zero-order chi connectivity index (χ0) is 17.8. The summed E-state index contributed by atoms with van der Waals surface area (Å²) in [5.41, 5.74) is 1.87. The molecule has 0 aliphatic heterocycles. The normalized spacial score (nSPS) is 11.1. The summed E-state index contributed by atoms with van der Waals surface area (Å²) in [6.45, 7) is 1.31. The van der Waals surface area contributed by atoms with Gasteiger partial charge in [0.25, 0.3) is 5.78 Å². The van der Waals surface area contributed by atoms with Crippen LogP contribution in [0.5, 0.6) is 0 Å². The topological polar surface area (TPSA) is 90.1 Å². The predicted octanol–water partition coefficient (Wildman–Crippen LogP) is 2.85. The molecule has 4 aromatic rings. The maximum Gasteiger partial charge on any atom is 0.253 e. The molecule has 8 nitrogen and oxygen atoms in total. The molecule has 1 N–H and O–H groups in total. The number of rotatable bonds is 7. The maximum absolute atomic E-state index is 5.02. The molecule has 0 aliphatic carbocycles. The second-order valence-corrected chi connectivity index (χ2v) is 7.46. The summed E-state index contributed by atoms with van der Waals surface area (Å²) in [6, 6.07) is 12.0. The smallest absolute Gasteiger partial charge is 0.253 e. The molecule has 3 aromatic heterocycles. The van der Waals surface area contributed by atoms with Crippen molar-refractivity contribution in [1.29, 1.82) is 0 Å². The molecule has 1 aromatic carbocycles. The lowest BCUT2D eigenvalue weighted by atomic mass is 10.1. The van der Waals surface area contributed by atoms with E-state index < -0.39 is 0 Å². The SMILES string of the molecule is COCCNc1nnc(Sc2cc(-c3ccccc3)nc3ncnn23)s1. The first kappa shape index (κ1) is 16.9. The van der Waals surface area contributed by atoms with Gasteiger partial charge in [-0.2, -0.15) is 14.6 Å². The molecule has 0 fully saturated rings. The molecule has 0 bridgehead atoms. The summed E-state index contributed by atoms with van der Waals surface area (Å²) in [5.74, 6) is 0.553. The second-order valence-electron chi connectivity index (χ2n) is 5.21. The van der Waals surface area contributed by atoms with E-state index in [0.29, 0.717) is 18.9 Å². The van der Waals surface area contributed by atoms with Crippen molar-refractivity contribution in [2.75, 3.05) is 25.6 Å². The Bertz CT molecular complexity index is 1000. The number of ether oxygens (including phenoxy) is 1. The third-order valence-corrected chi connectivity index (χ3v) is 5.40. The van der Waals surface area contributed by atoms with Crippen molar-refractivity contribution >= 4 is 34.0 Å². The largest absolute Gasteiger partial charge is 0.383 e. The Labute approximate surface area is 157 Å². The van der Waals surface area contributed by atoms with Crippen LogP contribution in [-0.2, 0) is 4.74 Å². The van der Waals surface area contributed by atoms with Gasteiger partial charge < -0.3 is 10.1 Å². The molecule has 3 heterocycles. The van der Waals surface area contributed by atoms with Crippen molar-refractivity contribution in [3.05, 3.63) is 42.7 Å². The lowest BCUT2D eigenvalue weighted by Crippen LogP contribution is -2.06. The molecule has 0 saturated carbocycles. The fraction of sp³-hybridized carbons (Fsp3) is 0.188. The average Bonchev–Trinajstić information content (AvgIpc) is 3.32. The van der Waals surface area contributed by atoms with E-state index in [4.69, 9.17) is 4.74 Å². The van der Waals surface area contributed by atoms with E-state index in [1.807, 2.05) is 36.4 Å². The average molecular weight is 385 g/mol. The monoisotopic (exact) mass is 385 g/mol. The van der Waals surface area contributed by atoms with Gasteiger partial charge in [-0.3, -0.25) is 0 Å². The first-order valence-electron chi connectivity index (χ1n) is 7.84. The molecular weight excluding hydrogens is 370 g/mol. The van der Waals surface area contributed by atoms with Crippen molar-refractivity contribution < 1.29 is 4.74 Å². The van der Waals surface area contributed by atoms with Gasteiger partial charge >= 0.3 is 0 Å². The minimum Gasteiger partial charge on any atom is -0.383 e. The van der Waals surface area contributed by atoms with Crippen molar-refractivity contribution in [2.24, 2.45) is 0 Å². The summed E-state index contributed by atoms with van der Waals surface area (Å²) >= 11 is 2.97. The third kappa shape index (κ3) is 3.66. The number of hydrogen-bond acceptors (Lipinski definition) is 9. The zero-order valence-electron chi connectivity index (χ0n) is 13.9. The molecule has 0 aliphatic rings. The number of methoxy groups -OCH3 is 1. The highest BCUT2D eigenvalue weighted by atomic mass is 32.2. The van der Waals surface area contributed by atoms with Crippen LogP contribution >= 0.6 is 23.1 Å². The van der Waals surface area contributed by atoms with Crippen molar-refractivity contribution in [3.8, 4) is 11.3 Å². The standard InChI is InChI=1S/C16H15N7OS2/c1-24-8-7-17-15-21-22-16(26-15)25-13-9-12(11-5-3-2-4-6-11)20-14-18-10-19-23(13)14/h2-6,9-10H,7-8H2,1H3,(H,17,21). The van der Waals surface area contributed by atoms with Gasteiger partial charge in [0.05, 0.1) is 12.3 Å². The van der Waals surface area contributed by atoms with Crippen molar-refractivity contribution in [2.45, 2.75) is 9.37 Å². The maximum atomic E-state index is 5.02. The van der Waals surface area contributed by atoms with E-state index >= 15 is 0 Å². The first-order chi connectivity index (χ1) is 12.8. The van der Waals surface area contributed by atoms with Gasteiger partial charge in [0.1, 0.15) is 11.4 Å². The quantitative estimate of drug-likeness (QED) is 0.384. The Morgan fingerprint density at radius 2 is 2.12 bits per heavy atom. The van der Waals surface area contributed by atoms with Gasteiger partial charge in [-0.15, -0.1) is 10.2 Å². The molecule has 0 amide bonds. The van der Waals surface area contributed by atoms with Crippen LogP contribution in [0.4, 0.5) is 5.13 Å². The van der Waals surface area contributed by atoms with Gasteiger partial charge in [0, 0.05) is 19.2 Å². The molecule has 26 heavy (non-hydrogen) atoms. The van der Waals surface area contributed by atoms with E-state index in [1.54, 1.807) is 11.6 Å². The number of nitrogens with zero attached hydrogens (tertiary/aromatic N) is 6. The van der Waals surface area contributed by atoms with Gasteiger partial charge in [0.15, 0.2) is 4.34 Å². The molecule has 0 unspecified atom stereocenters. The van der Waals surface area contributed by atoms with Crippen LogP contribution in [0.15, 0.2) is 52.1 Å². The second kappa shape index (κ2) is 7.77. The number of anilines is 1. The summed E-state index contributed by atoms with van der Waals surface area (Å²) in [6.07, 6.45) is 1.50. The fourth-order valence-corrected chi connectivity index (χ4v) is 4.10.